The van der Waals surface area contributed by atoms with Crippen LogP contribution in [0.4, 0.5) is 0 Å². The van der Waals surface area contributed by atoms with Gasteiger partial charge in [-0.05, 0) is 49.7 Å². The van der Waals surface area contributed by atoms with Crippen LogP contribution in [0.2, 0.25) is 0 Å². The molecule has 3 rings (SSSR count). The van der Waals surface area contributed by atoms with Crippen molar-refractivity contribution >= 4 is 17.7 Å². The van der Waals surface area contributed by atoms with Crippen LogP contribution in [-0.4, -0.2) is 37.7 Å². The number of carboxylic acids is 1. The van der Waals surface area contributed by atoms with Gasteiger partial charge in [0.15, 0.2) is 11.0 Å². The van der Waals surface area contributed by atoms with Crippen LogP contribution in [0, 0.1) is 0 Å². The Morgan fingerprint density at radius 2 is 1.86 bits per heavy atom. The summed E-state index contributed by atoms with van der Waals surface area (Å²) in [6.45, 7) is 4.46. The maximum Gasteiger partial charge on any atom is 0.316 e. The Morgan fingerprint density at radius 1 is 1.14 bits per heavy atom. The van der Waals surface area contributed by atoms with Crippen LogP contribution < -0.4 is 4.74 Å². The van der Waals surface area contributed by atoms with Crippen LogP contribution in [-0.2, 0) is 4.79 Å². The number of hydrogen-bond donors (Lipinski definition) is 1. The second kappa shape index (κ2) is 9.41. The lowest BCUT2D eigenvalue weighted by Crippen LogP contribution is -2.12. The molecule has 2 aromatic carbocycles. The van der Waals surface area contributed by atoms with E-state index in [0.717, 1.165) is 29.8 Å². The fourth-order valence-electron chi connectivity index (χ4n) is 2.59. The molecule has 146 valence electrons. The summed E-state index contributed by atoms with van der Waals surface area (Å²) < 4.78 is 7.61. The molecule has 1 N–H and O–H groups in total. The molecular weight excluding hydrogens is 374 g/mol. The lowest BCUT2D eigenvalue weighted by Gasteiger charge is -2.12. The molecule has 0 saturated carbocycles. The number of thioether (sulfide) groups is 1. The average Bonchev–Trinajstić information content (AvgIpc) is 3.12. The molecule has 0 spiro atoms. The molecule has 28 heavy (non-hydrogen) atoms. The molecule has 3 aromatic rings. The second-order valence-corrected chi connectivity index (χ2v) is 7.61. The van der Waals surface area contributed by atoms with Crippen molar-refractivity contribution in [2.24, 2.45) is 0 Å². The Labute approximate surface area is 168 Å². The Balaban J connectivity index is 1.94. The summed E-state index contributed by atoms with van der Waals surface area (Å²) in [5.74, 6) is 0.589. The van der Waals surface area contributed by atoms with Gasteiger partial charge in [-0.3, -0.25) is 9.36 Å². The fraction of sp³-hybridized carbons (Fsp3) is 0.286. The van der Waals surface area contributed by atoms with Gasteiger partial charge in [0.1, 0.15) is 11.0 Å². The molecule has 1 heterocycles. The van der Waals surface area contributed by atoms with Gasteiger partial charge >= 0.3 is 5.97 Å². The van der Waals surface area contributed by atoms with Crippen molar-refractivity contribution in [3.8, 4) is 22.8 Å². The Kier molecular flexibility index (Phi) is 6.71. The van der Waals surface area contributed by atoms with E-state index < -0.39 is 11.2 Å². The number of unbranched alkanes of at least 4 members (excludes halogenated alkanes) is 1. The monoisotopic (exact) mass is 397 g/mol. The topological polar surface area (TPSA) is 77.2 Å². The highest BCUT2D eigenvalue weighted by Gasteiger charge is 2.21. The number of carbonyl (C=O) groups is 1. The van der Waals surface area contributed by atoms with Gasteiger partial charge in [-0.25, -0.2) is 0 Å². The third-order valence-corrected chi connectivity index (χ3v) is 5.19. The molecule has 1 aromatic heterocycles. The molecule has 0 fully saturated rings. The Bertz CT molecular complexity index is 910. The number of aromatic nitrogens is 3. The van der Waals surface area contributed by atoms with Crippen molar-refractivity contribution in [2.75, 3.05) is 6.61 Å². The van der Waals surface area contributed by atoms with E-state index in [2.05, 4.69) is 17.1 Å². The van der Waals surface area contributed by atoms with Crippen LogP contribution in [0.3, 0.4) is 0 Å². The van der Waals surface area contributed by atoms with E-state index in [1.807, 2.05) is 59.2 Å². The van der Waals surface area contributed by atoms with E-state index in [9.17, 15) is 9.90 Å². The number of rotatable bonds is 9. The standard InChI is InChI=1S/C21H23N3O3S/c1-3-4-14-27-18-12-10-16(11-13-18)19-22-23-21(28-15(2)20(25)26)24(19)17-8-6-5-7-9-17/h5-13,15H,3-4,14H2,1-2H3,(H,25,26)/t15-/m0/s1. The maximum absolute atomic E-state index is 11.3. The van der Waals surface area contributed by atoms with Gasteiger partial charge in [0, 0.05) is 11.3 Å². The number of para-hydroxylation sites is 1. The minimum Gasteiger partial charge on any atom is -0.494 e. The van der Waals surface area contributed by atoms with Gasteiger partial charge in [0.25, 0.3) is 0 Å². The summed E-state index contributed by atoms with van der Waals surface area (Å²) >= 11 is 1.17. The highest BCUT2D eigenvalue weighted by Crippen LogP contribution is 2.30. The number of carboxylic acid groups (broad SMARTS) is 1. The van der Waals surface area contributed by atoms with E-state index in [0.29, 0.717) is 17.6 Å². The average molecular weight is 398 g/mol. The smallest absolute Gasteiger partial charge is 0.316 e. The normalized spacial score (nSPS) is 11.9. The summed E-state index contributed by atoms with van der Waals surface area (Å²) in [5.41, 5.74) is 1.76. The molecule has 1 atom stereocenters. The predicted octanol–water partition coefficient (Wildman–Crippen LogP) is 4.68. The molecule has 0 radical (unpaired) electrons. The minimum atomic E-state index is -0.886. The first-order valence-corrected chi connectivity index (χ1v) is 10.1. The first-order chi connectivity index (χ1) is 13.6. The maximum atomic E-state index is 11.3. The van der Waals surface area contributed by atoms with Crippen LogP contribution >= 0.6 is 11.8 Å². The Hall–Kier alpha value is -2.80. The van der Waals surface area contributed by atoms with E-state index >= 15 is 0 Å². The summed E-state index contributed by atoms with van der Waals surface area (Å²) in [7, 11) is 0. The quantitative estimate of drug-likeness (QED) is 0.417. The Morgan fingerprint density at radius 3 is 2.50 bits per heavy atom. The van der Waals surface area contributed by atoms with Gasteiger partial charge in [0.2, 0.25) is 0 Å². The van der Waals surface area contributed by atoms with E-state index in [1.54, 1.807) is 6.92 Å². The van der Waals surface area contributed by atoms with Crippen LogP contribution in [0.25, 0.3) is 17.1 Å². The van der Waals surface area contributed by atoms with Crippen molar-refractivity contribution in [3.63, 3.8) is 0 Å². The molecule has 0 amide bonds. The number of nitrogens with zero attached hydrogens (tertiary/aromatic N) is 3. The van der Waals surface area contributed by atoms with Crippen LogP contribution in [0.5, 0.6) is 5.75 Å². The molecule has 6 nitrogen and oxygen atoms in total. The zero-order chi connectivity index (χ0) is 19.9. The van der Waals surface area contributed by atoms with Crippen LogP contribution in [0.15, 0.2) is 59.8 Å². The van der Waals surface area contributed by atoms with E-state index in [1.165, 1.54) is 11.8 Å². The molecule has 7 heteroatoms. The first-order valence-electron chi connectivity index (χ1n) is 9.23. The zero-order valence-corrected chi connectivity index (χ0v) is 16.7. The van der Waals surface area contributed by atoms with E-state index in [-0.39, 0.29) is 0 Å². The second-order valence-electron chi connectivity index (χ2n) is 6.30. The van der Waals surface area contributed by atoms with Gasteiger partial charge in [-0.2, -0.15) is 0 Å². The molecule has 0 saturated heterocycles. The summed E-state index contributed by atoms with van der Waals surface area (Å²) in [6.07, 6.45) is 2.11. The van der Waals surface area contributed by atoms with Gasteiger partial charge in [-0.15, -0.1) is 10.2 Å². The third kappa shape index (κ3) is 4.72. The molecule has 0 bridgehead atoms. The molecule has 0 aliphatic carbocycles. The molecular formula is C21H23N3O3S. The third-order valence-electron chi connectivity index (χ3n) is 4.16. The van der Waals surface area contributed by atoms with Crippen molar-refractivity contribution in [2.45, 2.75) is 37.1 Å². The number of aliphatic carboxylic acids is 1. The van der Waals surface area contributed by atoms with Crippen molar-refractivity contribution < 1.29 is 14.6 Å². The van der Waals surface area contributed by atoms with Crippen LogP contribution in [0.1, 0.15) is 26.7 Å². The summed E-state index contributed by atoms with van der Waals surface area (Å²) in [6, 6.07) is 17.4. The zero-order valence-electron chi connectivity index (χ0n) is 15.9. The lowest BCUT2D eigenvalue weighted by atomic mass is 10.2. The molecule has 0 aliphatic heterocycles. The van der Waals surface area contributed by atoms with E-state index in [4.69, 9.17) is 4.74 Å². The number of ether oxygens (including phenoxy) is 1. The van der Waals surface area contributed by atoms with Crippen molar-refractivity contribution in [1.82, 2.24) is 14.8 Å². The number of hydrogen-bond acceptors (Lipinski definition) is 5. The molecule has 0 aliphatic rings. The molecule has 0 unspecified atom stereocenters. The van der Waals surface area contributed by atoms with Crippen molar-refractivity contribution in [3.05, 3.63) is 54.6 Å². The lowest BCUT2D eigenvalue weighted by molar-refractivity contribution is -0.136. The van der Waals surface area contributed by atoms with Crippen molar-refractivity contribution in [1.29, 1.82) is 0 Å². The van der Waals surface area contributed by atoms with Gasteiger partial charge in [-0.1, -0.05) is 43.3 Å². The first kappa shape index (κ1) is 19.9. The summed E-state index contributed by atoms with van der Waals surface area (Å²) in [4.78, 5) is 11.3. The van der Waals surface area contributed by atoms with Gasteiger partial charge in [0.05, 0.1) is 6.61 Å². The van der Waals surface area contributed by atoms with Gasteiger partial charge < -0.3 is 9.84 Å². The largest absolute Gasteiger partial charge is 0.494 e. The summed E-state index contributed by atoms with van der Waals surface area (Å²) in [5, 5.41) is 17.8. The highest BCUT2D eigenvalue weighted by molar-refractivity contribution is 8.00. The fourth-order valence-corrected chi connectivity index (χ4v) is 3.39. The number of benzene rings is 2. The SMILES string of the molecule is CCCCOc1ccc(-c2nnc(S[C@@H](C)C(=O)O)n2-c2ccccc2)cc1. The minimum absolute atomic E-state index is 0.541. The predicted molar refractivity (Wildman–Crippen MR) is 110 cm³/mol. The highest BCUT2D eigenvalue weighted by atomic mass is 32.2.